The molecule has 21 aromatic rings. The van der Waals surface area contributed by atoms with Gasteiger partial charge < -0.3 is 67.6 Å². The Bertz CT molecular complexity index is 7370. The second-order valence-corrected chi connectivity index (χ2v) is 33.9. The third kappa shape index (κ3) is 18.7. The minimum atomic E-state index is 0.339. The van der Waals surface area contributed by atoms with E-state index in [4.69, 9.17) is 28.4 Å². The molecule has 14 heteroatoms. The molecule has 0 aliphatic heterocycles. The summed E-state index contributed by atoms with van der Waals surface area (Å²) < 4.78 is 35.0. The van der Waals surface area contributed by atoms with Crippen LogP contribution in [0.15, 0.2) is 504 Å². The first kappa shape index (κ1) is 88.2. The molecule has 0 atom stereocenters. The van der Waals surface area contributed by atoms with E-state index in [0.29, 0.717) is 6.61 Å². The van der Waals surface area contributed by atoms with E-state index in [0.717, 1.165) is 187 Å². The van der Waals surface area contributed by atoms with Crippen molar-refractivity contribution in [2.75, 3.05) is 74.7 Å². The first-order chi connectivity index (χ1) is 69.1. The van der Waals surface area contributed by atoms with Gasteiger partial charge in [0.15, 0.2) is 0 Å². The van der Waals surface area contributed by atoms with Crippen molar-refractivity contribution in [3.8, 4) is 34.5 Å². The van der Waals surface area contributed by atoms with Crippen LogP contribution in [0.3, 0.4) is 0 Å². The van der Waals surface area contributed by atoms with Crippen LogP contribution in [-0.4, -0.2) is 35.5 Å². The van der Waals surface area contributed by atoms with Crippen LogP contribution in [0.4, 0.5) is 136 Å². The van der Waals surface area contributed by atoms with Crippen molar-refractivity contribution < 1.29 is 28.4 Å². The SMILES string of the molecule is COc1ccc(N(c2ccc(OC)cc2)c2ccc(N(c3ccc(N(c4ccc(OC)cc4)c4ccc(OC)cc4)cc3)c3ccc(N(c4ccc(OC)cc4)c4ccc(OCc5cccc6cc(N(c7ccccc7)c7ccc(N(c8ccc(N(c9ccccc9)c9ccc%10ccccc%10c9)cc8)c8ccc(N(c9ccccc9)c9ccc%10ccccc%10c9)cc8)cc7)ccc56)cc4)cc3)cc2)cc1. The third-order valence-corrected chi connectivity index (χ3v) is 25.6. The molecular formula is C126H100N8O6. The molecule has 21 aromatic carbocycles. The number of rotatable bonds is 32. The number of fused-ring (bicyclic) bond motifs is 3. The van der Waals surface area contributed by atoms with Crippen molar-refractivity contribution >= 4 is 169 Å². The van der Waals surface area contributed by atoms with Crippen LogP contribution in [0, 0.1) is 0 Å². The molecule has 0 aliphatic carbocycles. The van der Waals surface area contributed by atoms with Gasteiger partial charge in [-0.25, -0.2) is 0 Å². The molecule has 0 bridgehead atoms. The van der Waals surface area contributed by atoms with E-state index in [1.807, 2.05) is 60.7 Å². The van der Waals surface area contributed by atoms with Crippen LogP contribution in [0.5, 0.6) is 34.5 Å². The molecule has 14 nitrogen and oxygen atoms in total. The number of benzene rings is 21. The Morgan fingerprint density at radius 3 is 0.543 bits per heavy atom. The van der Waals surface area contributed by atoms with Gasteiger partial charge in [0.25, 0.3) is 0 Å². The monoisotopic (exact) mass is 1820 g/mol. The highest BCUT2D eigenvalue weighted by Crippen LogP contribution is 2.49. The minimum absolute atomic E-state index is 0.339. The Kier molecular flexibility index (Phi) is 25.5. The summed E-state index contributed by atoms with van der Waals surface area (Å²) in [4.78, 5) is 18.4. The Morgan fingerprint density at radius 1 is 0.136 bits per heavy atom. The molecule has 0 heterocycles. The fourth-order valence-corrected chi connectivity index (χ4v) is 18.6. The van der Waals surface area contributed by atoms with Gasteiger partial charge in [-0.3, -0.25) is 0 Å². The predicted molar refractivity (Wildman–Crippen MR) is 580 cm³/mol. The first-order valence-electron chi connectivity index (χ1n) is 46.7. The molecule has 0 spiro atoms. The van der Waals surface area contributed by atoms with E-state index in [1.54, 1.807) is 35.5 Å². The lowest BCUT2D eigenvalue weighted by Gasteiger charge is -2.30. The van der Waals surface area contributed by atoms with Crippen LogP contribution in [0.2, 0.25) is 0 Å². The second-order valence-electron chi connectivity index (χ2n) is 33.9. The molecule has 0 amide bonds. The average Bonchev–Trinajstić information content (AvgIpc) is 0.774. The number of nitrogens with zero attached hydrogens (tertiary/aromatic N) is 8. The normalized spacial score (nSPS) is 11.1. The van der Waals surface area contributed by atoms with Gasteiger partial charge in [0.1, 0.15) is 41.1 Å². The zero-order valence-corrected chi connectivity index (χ0v) is 78.2. The molecule has 140 heavy (non-hydrogen) atoms. The van der Waals surface area contributed by atoms with Crippen molar-refractivity contribution in [1.29, 1.82) is 0 Å². The van der Waals surface area contributed by atoms with E-state index < -0.39 is 0 Å². The second kappa shape index (κ2) is 40.4. The van der Waals surface area contributed by atoms with Gasteiger partial charge in [0, 0.05) is 136 Å². The molecule has 0 unspecified atom stereocenters. The molecule has 0 fully saturated rings. The first-order valence-corrected chi connectivity index (χ1v) is 46.7. The third-order valence-electron chi connectivity index (χ3n) is 25.6. The topological polar surface area (TPSA) is 81.3 Å². The van der Waals surface area contributed by atoms with Crippen LogP contribution in [0.1, 0.15) is 5.56 Å². The van der Waals surface area contributed by atoms with Gasteiger partial charge in [-0.05, 0) is 402 Å². The van der Waals surface area contributed by atoms with Crippen LogP contribution >= 0.6 is 0 Å². The van der Waals surface area contributed by atoms with E-state index >= 15 is 0 Å². The smallest absolute Gasteiger partial charge is 0.119 e. The summed E-state index contributed by atoms with van der Waals surface area (Å²) in [6.07, 6.45) is 0. The van der Waals surface area contributed by atoms with Crippen LogP contribution in [-0.2, 0) is 6.61 Å². The highest BCUT2D eigenvalue weighted by molar-refractivity contribution is 5.96. The lowest BCUT2D eigenvalue weighted by molar-refractivity contribution is 0.308. The quantitative estimate of drug-likeness (QED) is 0.0401. The maximum atomic E-state index is 6.83. The fourth-order valence-electron chi connectivity index (χ4n) is 18.6. The number of hydrogen-bond acceptors (Lipinski definition) is 14. The zero-order chi connectivity index (χ0) is 94.6. The van der Waals surface area contributed by atoms with E-state index in [2.05, 4.69) is 482 Å². The summed E-state index contributed by atoms with van der Waals surface area (Å²) in [6, 6.07) is 178. The summed E-state index contributed by atoms with van der Waals surface area (Å²) in [5.41, 5.74) is 24.9. The number of anilines is 24. The molecule has 0 saturated heterocycles. The Labute approximate surface area is 816 Å². The van der Waals surface area contributed by atoms with Crippen LogP contribution in [0.25, 0.3) is 32.3 Å². The molecule has 0 aliphatic rings. The fraction of sp³-hybridized carbons (Fsp3) is 0.0476. The summed E-state index contributed by atoms with van der Waals surface area (Å²) in [5, 5.41) is 6.94. The molecule has 21 rings (SSSR count). The largest absolute Gasteiger partial charge is 0.497 e. The van der Waals surface area contributed by atoms with Crippen molar-refractivity contribution in [1.82, 2.24) is 0 Å². The van der Waals surface area contributed by atoms with E-state index in [1.165, 1.54) is 21.5 Å². The molecule has 0 radical (unpaired) electrons. The summed E-state index contributed by atoms with van der Waals surface area (Å²) >= 11 is 0. The average molecular weight is 1820 g/mol. The standard InChI is InChI=1S/C126H100N8O6/c1-135-120-73-60-111(61-74-120)129(112-62-75-121(136-2)76-63-112)105-42-36-99(37-43-105)127(100-38-44-106(45-39-100)130(113-64-77-122(137-3)78-65-113)114-66-79-123(138-4)80-67-114)101-40-46-107(47-41-101)131(115-68-81-124(139-5)82-69-115)116-70-83-125(84-71-116)140-89-95-25-19-24-94-88-119(72-85-126(94)95)134(98-30-13-8-14-31-98)110-58-52-104(53-59-110)128(102-48-54-108(55-49-102)132(96-26-9-6-10-27-96)117-34-32-90-20-15-17-22-92(90)86-117)103-50-56-109(57-51-103)133(97-28-11-7-12-29-97)118-35-33-91-21-16-18-23-93(91)87-118/h6-88H,89H2,1-5H3. The summed E-state index contributed by atoms with van der Waals surface area (Å²) in [7, 11) is 8.43. The Balaban J connectivity index is 0.576. The molecule has 680 valence electrons. The van der Waals surface area contributed by atoms with Gasteiger partial charge in [-0.15, -0.1) is 0 Å². The van der Waals surface area contributed by atoms with Gasteiger partial charge >= 0.3 is 0 Å². The van der Waals surface area contributed by atoms with E-state index in [-0.39, 0.29) is 0 Å². The number of ether oxygens (including phenoxy) is 6. The Hall–Kier alpha value is -18.4. The van der Waals surface area contributed by atoms with Gasteiger partial charge in [-0.1, -0.05) is 140 Å². The van der Waals surface area contributed by atoms with E-state index in [9.17, 15) is 0 Å². The number of hydrogen-bond donors (Lipinski definition) is 0. The van der Waals surface area contributed by atoms with Crippen molar-refractivity contribution in [3.63, 3.8) is 0 Å². The lowest BCUT2D eigenvalue weighted by atomic mass is 10.0. The number of para-hydroxylation sites is 3. The van der Waals surface area contributed by atoms with Gasteiger partial charge in [-0.2, -0.15) is 0 Å². The lowest BCUT2D eigenvalue weighted by Crippen LogP contribution is -2.14. The summed E-state index contributed by atoms with van der Waals surface area (Å²) in [6.45, 7) is 0.339. The van der Waals surface area contributed by atoms with Gasteiger partial charge in [0.05, 0.1) is 35.5 Å². The highest BCUT2D eigenvalue weighted by Gasteiger charge is 2.26. The maximum absolute atomic E-state index is 6.83. The van der Waals surface area contributed by atoms with Crippen LogP contribution < -0.4 is 67.6 Å². The van der Waals surface area contributed by atoms with Crippen molar-refractivity contribution in [3.05, 3.63) is 509 Å². The zero-order valence-electron chi connectivity index (χ0n) is 78.2. The predicted octanol–water partition coefficient (Wildman–Crippen LogP) is 34.5. The van der Waals surface area contributed by atoms with Gasteiger partial charge in [0.2, 0.25) is 0 Å². The van der Waals surface area contributed by atoms with Crippen molar-refractivity contribution in [2.45, 2.75) is 6.61 Å². The highest BCUT2D eigenvalue weighted by atomic mass is 16.5. The molecular weight excluding hydrogens is 1720 g/mol. The number of methoxy groups -OCH3 is 5. The molecule has 0 N–H and O–H groups in total. The molecule has 0 saturated carbocycles. The Morgan fingerprint density at radius 2 is 0.307 bits per heavy atom. The van der Waals surface area contributed by atoms with Crippen molar-refractivity contribution in [2.24, 2.45) is 0 Å². The maximum Gasteiger partial charge on any atom is 0.119 e. The summed E-state index contributed by atoms with van der Waals surface area (Å²) in [5.74, 6) is 4.58. The molecule has 0 aromatic heterocycles. The minimum Gasteiger partial charge on any atom is -0.497 e.